The molecule has 0 aliphatic carbocycles. The first-order valence-corrected chi connectivity index (χ1v) is 5.79. The van der Waals surface area contributed by atoms with Crippen LogP contribution in [0.5, 0.6) is 0 Å². The Hall–Kier alpha value is -1.42. The van der Waals surface area contributed by atoms with Gasteiger partial charge in [-0.1, -0.05) is 31.5 Å². The normalized spacial score (nSPS) is 14.3. The molecule has 0 bridgehead atoms. The lowest BCUT2D eigenvalue weighted by atomic mass is 10.1. The Kier molecular flexibility index (Phi) is 5.10. The van der Waals surface area contributed by atoms with Gasteiger partial charge >= 0.3 is 5.97 Å². The molecule has 0 saturated carbocycles. The summed E-state index contributed by atoms with van der Waals surface area (Å²) >= 11 is 0. The second-order valence-corrected chi connectivity index (χ2v) is 4.09. The van der Waals surface area contributed by atoms with Crippen molar-refractivity contribution in [2.45, 2.75) is 38.8 Å². The van der Waals surface area contributed by atoms with E-state index in [0.717, 1.165) is 6.42 Å². The van der Waals surface area contributed by atoms with Gasteiger partial charge in [-0.25, -0.2) is 4.39 Å². The molecular formula is C13H18FNO2. The Morgan fingerprint density at radius 2 is 2.12 bits per heavy atom. The zero-order chi connectivity index (χ0) is 12.8. The van der Waals surface area contributed by atoms with Crippen LogP contribution in [0.3, 0.4) is 0 Å². The maximum Gasteiger partial charge on any atom is 0.320 e. The molecule has 2 unspecified atom stereocenters. The summed E-state index contributed by atoms with van der Waals surface area (Å²) in [4.78, 5) is 11.0. The number of carboxylic acid groups (broad SMARTS) is 1. The average molecular weight is 239 g/mol. The highest BCUT2D eigenvalue weighted by Crippen LogP contribution is 2.17. The summed E-state index contributed by atoms with van der Waals surface area (Å²) in [5.74, 6) is -1.21. The summed E-state index contributed by atoms with van der Waals surface area (Å²) in [5.41, 5.74) is 0.495. The van der Waals surface area contributed by atoms with Crippen LogP contribution < -0.4 is 5.32 Å². The fraction of sp³-hybridized carbons (Fsp3) is 0.462. The maximum atomic E-state index is 13.5. The Morgan fingerprint density at radius 1 is 1.47 bits per heavy atom. The molecule has 0 aliphatic rings. The van der Waals surface area contributed by atoms with Gasteiger partial charge in [0.25, 0.3) is 0 Å². The number of hydrogen-bond acceptors (Lipinski definition) is 2. The third-order valence-corrected chi connectivity index (χ3v) is 2.70. The highest BCUT2D eigenvalue weighted by atomic mass is 19.1. The number of nitrogens with one attached hydrogen (secondary N) is 1. The van der Waals surface area contributed by atoms with Crippen LogP contribution in [-0.2, 0) is 4.79 Å². The van der Waals surface area contributed by atoms with Crippen molar-refractivity contribution in [1.82, 2.24) is 5.32 Å². The van der Waals surface area contributed by atoms with Crippen LogP contribution in [0.4, 0.5) is 4.39 Å². The topological polar surface area (TPSA) is 49.3 Å². The van der Waals surface area contributed by atoms with Gasteiger partial charge in [-0.05, 0) is 19.4 Å². The highest BCUT2D eigenvalue weighted by molar-refractivity contribution is 5.73. The van der Waals surface area contributed by atoms with Crippen molar-refractivity contribution in [2.75, 3.05) is 0 Å². The lowest BCUT2D eigenvalue weighted by molar-refractivity contribution is -0.139. The molecule has 1 rings (SSSR count). The smallest absolute Gasteiger partial charge is 0.320 e. The van der Waals surface area contributed by atoms with E-state index in [9.17, 15) is 9.18 Å². The Morgan fingerprint density at radius 3 is 2.65 bits per heavy atom. The van der Waals surface area contributed by atoms with Crippen LogP contribution >= 0.6 is 0 Å². The second-order valence-electron chi connectivity index (χ2n) is 4.09. The number of aliphatic carboxylic acids is 1. The first kappa shape index (κ1) is 13.6. The molecule has 1 aromatic rings. The van der Waals surface area contributed by atoms with Crippen molar-refractivity contribution in [3.05, 3.63) is 35.6 Å². The molecule has 0 aromatic heterocycles. The average Bonchev–Trinajstić information content (AvgIpc) is 2.28. The summed E-state index contributed by atoms with van der Waals surface area (Å²) < 4.78 is 13.5. The van der Waals surface area contributed by atoms with Crippen LogP contribution in [0.2, 0.25) is 0 Å². The molecular weight excluding hydrogens is 221 g/mol. The summed E-state index contributed by atoms with van der Waals surface area (Å²) in [7, 11) is 0. The molecule has 0 saturated heterocycles. The fourth-order valence-corrected chi connectivity index (χ4v) is 1.78. The van der Waals surface area contributed by atoms with Crippen molar-refractivity contribution in [1.29, 1.82) is 0 Å². The number of carbonyl (C=O) groups is 1. The molecule has 2 atom stereocenters. The van der Waals surface area contributed by atoms with E-state index < -0.39 is 12.0 Å². The Balaban J connectivity index is 2.73. The van der Waals surface area contributed by atoms with Crippen LogP contribution in [0.25, 0.3) is 0 Å². The molecule has 0 amide bonds. The predicted octanol–water partition coefficient (Wildman–Crippen LogP) is 2.73. The van der Waals surface area contributed by atoms with Gasteiger partial charge < -0.3 is 5.11 Å². The Bertz CT molecular complexity index is 381. The molecule has 94 valence electrons. The summed E-state index contributed by atoms with van der Waals surface area (Å²) in [5, 5.41) is 11.9. The van der Waals surface area contributed by atoms with Gasteiger partial charge in [-0.15, -0.1) is 0 Å². The van der Waals surface area contributed by atoms with E-state index in [1.54, 1.807) is 25.1 Å². The van der Waals surface area contributed by atoms with E-state index in [1.807, 2.05) is 6.92 Å². The van der Waals surface area contributed by atoms with Gasteiger partial charge in [-0.3, -0.25) is 10.1 Å². The van der Waals surface area contributed by atoms with Crippen LogP contribution in [0.15, 0.2) is 24.3 Å². The lowest BCUT2D eigenvalue weighted by Crippen LogP contribution is -2.38. The molecule has 0 fully saturated rings. The fourth-order valence-electron chi connectivity index (χ4n) is 1.78. The maximum absolute atomic E-state index is 13.5. The van der Waals surface area contributed by atoms with Crippen molar-refractivity contribution in [2.24, 2.45) is 0 Å². The molecule has 1 aromatic carbocycles. The van der Waals surface area contributed by atoms with Crippen molar-refractivity contribution >= 4 is 5.97 Å². The zero-order valence-electron chi connectivity index (χ0n) is 10.1. The van der Waals surface area contributed by atoms with Gasteiger partial charge in [-0.2, -0.15) is 0 Å². The summed E-state index contributed by atoms with van der Waals surface area (Å²) in [6, 6.07) is 5.46. The minimum atomic E-state index is -0.893. The molecule has 17 heavy (non-hydrogen) atoms. The van der Waals surface area contributed by atoms with E-state index in [-0.39, 0.29) is 11.9 Å². The van der Waals surface area contributed by atoms with Crippen LogP contribution in [0, 0.1) is 5.82 Å². The van der Waals surface area contributed by atoms with Gasteiger partial charge in [0, 0.05) is 11.6 Å². The minimum absolute atomic E-state index is 0.312. The van der Waals surface area contributed by atoms with Gasteiger partial charge in [0.2, 0.25) is 0 Å². The van der Waals surface area contributed by atoms with Crippen LogP contribution in [0.1, 0.15) is 38.3 Å². The van der Waals surface area contributed by atoms with E-state index in [4.69, 9.17) is 5.11 Å². The first-order chi connectivity index (χ1) is 8.06. The third kappa shape index (κ3) is 3.82. The quantitative estimate of drug-likeness (QED) is 0.802. The molecule has 3 nitrogen and oxygen atoms in total. The number of halogens is 1. The number of hydrogen-bond donors (Lipinski definition) is 2. The molecule has 0 radical (unpaired) electrons. The molecule has 0 spiro atoms. The highest BCUT2D eigenvalue weighted by Gasteiger charge is 2.20. The monoisotopic (exact) mass is 239 g/mol. The predicted molar refractivity (Wildman–Crippen MR) is 64.3 cm³/mol. The summed E-state index contributed by atoms with van der Waals surface area (Å²) in [6.45, 7) is 3.69. The first-order valence-electron chi connectivity index (χ1n) is 5.79. The molecule has 0 aliphatic heterocycles. The number of carboxylic acids is 1. The number of rotatable bonds is 6. The SMILES string of the molecule is CCCC(NC(C)c1ccccc1F)C(=O)O. The second kappa shape index (κ2) is 6.35. The molecule has 4 heteroatoms. The van der Waals surface area contributed by atoms with Gasteiger partial charge in [0.05, 0.1) is 0 Å². The standard InChI is InChI=1S/C13H18FNO2/c1-3-6-12(13(16)17)15-9(2)10-7-4-5-8-11(10)14/h4-5,7-9,12,15H,3,6H2,1-2H3,(H,16,17). The van der Waals surface area contributed by atoms with E-state index in [1.165, 1.54) is 6.07 Å². The van der Waals surface area contributed by atoms with Crippen molar-refractivity contribution < 1.29 is 14.3 Å². The van der Waals surface area contributed by atoms with Crippen molar-refractivity contribution in [3.8, 4) is 0 Å². The molecule has 0 heterocycles. The van der Waals surface area contributed by atoms with Crippen molar-refractivity contribution in [3.63, 3.8) is 0 Å². The zero-order valence-corrected chi connectivity index (χ0v) is 10.1. The van der Waals surface area contributed by atoms with E-state index >= 15 is 0 Å². The Labute approximate surface area is 101 Å². The van der Waals surface area contributed by atoms with E-state index in [2.05, 4.69) is 5.32 Å². The number of benzene rings is 1. The summed E-state index contributed by atoms with van der Waals surface area (Å²) in [6.07, 6.45) is 1.31. The third-order valence-electron chi connectivity index (χ3n) is 2.70. The van der Waals surface area contributed by atoms with Gasteiger partial charge in [0.1, 0.15) is 11.9 Å². The van der Waals surface area contributed by atoms with Crippen LogP contribution in [-0.4, -0.2) is 17.1 Å². The molecule has 2 N–H and O–H groups in total. The van der Waals surface area contributed by atoms with E-state index in [0.29, 0.717) is 12.0 Å². The van der Waals surface area contributed by atoms with Gasteiger partial charge in [0.15, 0.2) is 0 Å². The largest absolute Gasteiger partial charge is 0.480 e. The minimum Gasteiger partial charge on any atom is -0.480 e. The lowest BCUT2D eigenvalue weighted by Gasteiger charge is -2.20.